The molecule has 0 fully saturated rings. The highest BCUT2D eigenvalue weighted by molar-refractivity contribution is 6.33. The van der Waals surface area contributed by atoms with E-state index in [-0.39, 0.29) is 33.1 Å². The number of carbonyl (C=O) groups is 1. The number of aromatic amines is 1. The minimum atomic E-state index is -4.75. The average molecular weight is 493 g/mol. The molecule has 1 unspecified atom stereocenters. The predicted molar refractivity (Wildman–Crippen MR) is 109 cm³/mol. The Kier molecular flexibility index (Phi) is 6.46. The summed E-state index contributed by atoms with van der Waals surface area (Å²) < 4.78 is 59.1. The lowest BCUT2D eigenvalue weighted by molar-refractivity contribution is -0.189. The van der Waals surface area contributed by atoms with Crippen LogP contribution in [0.4, 0.5) is 29.1 Å². The van der Waals surface area contributed by atoms with Crippen molar-refractivity contribution in [3.8, 4) is 17.0 Å². The fraction of sp³-hybridized carbons (Fsp3) is 0.222. The van der Waals surface area contributed by atoms with Crippen LogP contribution in [0.15, 0.2) is 18.3 Å². The number of nitrogens with one attached hydrogen (secondary N) is 2. The molecule has 4 N–H and O–H groups in total. The summed E-state index contributed by atoms with van der Waals surface area (Å²) in [5.74, 6) is -2.75. The molecule has 3 aromatic rings. The second-order valence-corrected chi connectivity index (χ2v) is 7.25. The van der Waals surface area contributed by atoms with Crippen LogP contribution < -0.4 is 15.8 Å². The zero-order valence-corrected chi connectivity index (χ0v) is 17.8. The Morgan fingerprint density at radius 3 is 2.56 bits per heavy atom. The Hall–Kier alpha value is -3.12. The molecule has 0 aliphatic carbocycles. The van der Waals surface area contributed by atoms with Crippen molar-refractivity contribution in [2.75, 3.05) is 11.1 Å². The maximum Gasteiger partial charge on any atom is 0.425 e. The fourth-order valence-electron chi connectivity index (χ4n) is 2.53. The van der Waals surface area contributed by atoms with Crippen LogP contribution in [0.1, 0.15) is 23.0 Å². The molecule has 14 heteroatoms. The Morgan fingerprint density at radius 2 is 2.00 bits per heavy atom. The second kappa shape index (κ2) is 8.79. The molecule has 170 valence electrons. The lowest BCUT2D eigenvalue weighted by Crippen LogP contribution is -2.32. The molecule has 8 nitrogen and oxygen atoms in total. The van der Waals surface area contributed by atoms with E-state index < -0.39 is 35.3 Å². The highest BCUT2D eigenvalue weighted by Crippen LogP contribution is 2.34. The van der Waals surface area contributed by atoms with E-state index in [1.54, 1.807) is 0 Å². The van der Waals surface area contributed by atoms with Gasteiger partial charge in [-0.15, -0.1) is 0 Å². The Labute approximate surface area is 188 Å². The largest absolute Gasteiger partial charge is 0.480 e. The van der Waals surface area contributed by atoms with Crippen LogP contribution >= 0.6 is 23.2 Å². The molecule has 0 saturated carbocycles. The number of nitrogens with zero attached hydrogens (tertiary/aromatic N) is 3. The van der Waals surface area contributed by atoms with Crippen LogP contribution in [0, 0.1) is 12.7 Å². The molecule has 1 atom stereocenters. The molecular formula is C18H14Cl2F4N6O2. The molecule has 32 heavy (non-hydrogen) atoms. The lowest BCUT2D eigenvalue weighted by atomic mass is 10.1. The number of ether oxygens (including phenoxy) is 1. The number of alkyl halides is 3. The van der Waals surface area contributed by atoms with Crippen LogP contribution in [0.3, 0.4) is 0 Å². The van der Waals surface area contributed by atoms with Crippen molar-refractivity contribution >= 4 is 40.6 Å². The number of nitrogens with two attached hydrogens (primary N) is 1. The topological polar surface area (TPSA) is 119 Å². The summed E-state index contributed by atoms with van der Waals surface area (Å²) in [5, 5.41) is 8.42. The third kappa shape index (κ3) is 4.86. The van der Waals surface area contributed by atoms with Gasteiger partial charge in [0.15, 0.2) is 17.1 Å². The first kappa shape index (κ1) is 23.5. The van der Waals surface area contributed by atoms with E-state index >= 15 is 0 Å². The minimum Gasteiger partial charge on any atom is -0.480 e. The first-order chi connectivity index (χ1) is 14.9. The number of nitrogen functional groups attached to an aromatic ring is 1. The molecule has 0 aliphatic rings. The van der Waals surface area contributed by atoms with Crippen LogP contribution in [0.2, 0.25) is 10.3 Å². The maximum absolute atomic E-state index is 14.9. The van der Waals surface area contributed by atoms with Crippen molar-refractivity contribution in [3.63, 3.8) is 0 Å². The van der Waals surface area contributed by atoms with Crippen LogP contribution in [0.5, 0.6) is 5.75 Å². The number of amides is 1. The standard InChI is InChI=1S/C18H14Cl2F4N6O2/c1-6-13(14(19)30-29-6)28-17(31)9-3-10(21)8(11-5-26-15(20)16(25)27-11)4-12(9)32-7(2)18(22,23)24/h3-5,7H,1-2H3,(H2,25,27)(H,28,31)(H,29,30). The first-order valence-electron chi connectivity index (χ1n) is 8.75. The van der Waals surface area contributed by atoms with Crippen LogP contribution in [-0.4, -0.2) is 38.4 Å². The Morgan fingerprint density at radius 1 is 1.31 bits per heavy atom. The van der Waals surface area contributed by atoms with E-state index in [4.69, 9.17) is 33.7 Å². The van der Waals surface area contributed by atoms with E-state index in [2.05, 4.69) is 25.5 Å². The minimum absolute atomic E-state index is 0.0222. The van der Waals surface area contributed by atoms with Gasteiger partial charge < -0.3 is 15.8 Å². The van der Waals surface area contributed by atoms with E-state index in [0.717, 1.165) is 19.2 Å². The normalized spacial score (nSPS) is 12.5. The van der Waals surface area contributed by atoms with E-state index in [1.165, 1.54) is 6.92 Å². The molecule has 0 radical (unpaired) electrons. The van der Waals surface area contributed by atoms with Gasteiger partial charge in [-0.3, -0.25) is 9.89 Å². The van der Waals surface area contributed by atoms with E-state index in [1.807, 2.05) is 0 Å². The van der Waals surface area contributed by atoms with Gasteiger partial charge in [0.1, 0.15) is 22.4 Å². The van der Waals surface area contributed by atoms with Gasteiger partial charge in [-0.1, -0.05) is 23.2 Å². The molecule has 0 saturated heterocycles. The van der Waals surface area contributed by atoms with Gasteiger partial charge in [-0.25, -0.2) is 14.4 Å². The summed E-state index contributed by atoms with van der Waals surface area (Å²) in [6, 6.07) is 1.60. The summed E-state index contributed by atoms with van der Waals surface area (Å²) in [6.45, 7) is 2.26. The quantitative estimate of drug-likeness (QED) is 0.440. The van der Waals surface area contributed by atoms with Crippen molar-refractivity contribution < 1.29 is 27.1 Å². The number of hydrogen-bond donors (Lipinski definition) is 3. The zero-order valence-electron chi connectivity index (χ0n) is 16.3. The maximum atomic E-state index is 14.9. The first-order valence-corrected chi connectivity index (χ1v) is 9.51. The number of benzene rings is 1. The number of aryl methyl sites for hydroxylation is 1. The SMILES string of the molecule is Cc1n[nH]c(Cl)c1NC(=O)c1cc(F)c(-c2cnc(Cl)c(N)n2)cc1OC(C)C(F)(F)F. The van der Waals surface area contributed by atoms with Crippen LogP contribution in [0.25, 0.3) is 11.3 Å². The summed E-state index contributed by atoms with van der Waals surface area (Å²) in [6.07, 6.45) is -5.99. The third-order valence-corrected chi connectivity index (χ3v) is 4.81. The molecule has 1 aromatic carbocycles. The van der Waals surface area contributed by atoms with E-state index in [0.29, 0.717) is 11.8 Å². The summed E-state index contributed by atoms with van der Waals surface area (Å²) in [4.78, 5) is 20.4. The van der Waals surface area contributed by atoms with Gasteiger partial charge in [0.25, 0.3) is 5.91 Å². The van der Waals surface area contributed by atoms with Crippen molar-refractivity contribution in [1.29, 1.82) is 0 Å². The number of aromatic nitrogens is 4. The van der Waals surface area contributed by atoms with Gasteiger partial charge in [-0.2, -0.15) is 18.3 Å². The fourth-order valence-corrected chi connectivity index (χ4v) is 2.85. The zero-order chi connectivity index (χ0) is 23.8. The summed E-state index contributed by atoms with van der Waals surface area (Å²) >= 11 is 11.6. The smallest absolute Gasteiger partial charge is 0.425 e. The molecule has 0 spiro atoms. The molecule has 1 amide bonds. The van der Waals surface area contributed by atoms with Gasteiger partial charge in [0.2, 0.25) is 0 Å². The number of anilines is 2. The van der Waals surface area contributed by atoms with Gasteiger partial charge in [0, 0.05) is 5.56 Å². The molecule has 2 heterocycles. The number of halogens is 6. The van der Waals surface area contributed by atoms with Crippen LogP contribution in [-0.2, 0) is 0 Å². The van der Waals surface area contributed by atoms with Crippen molar-refractivity contribution in [1.82, 2.24) is 20.2 Å². The highest BCUT2D eigenvalue weighted by Gasteiger charge is 2.39. The van der Waals surface area contributed by atoms with Gasteiger partial charge in [-0.05, 0) is 26.0 Å². The Balaban J connectivity index is 2.09. The number of rotatable bonds is 5. The second-order valence-electron chi connectivity index (χ2n) is 6.51. The monoisotopic (exact) mass is 492 g/mol. The van der Waals surface area contributed by atoms with Crippen molar-refractivity contribution in [3.05, 3.63) is 45.7 Å². The Bertz CT molecular complexity index is 1170. The van der Waals surface area contributed by atoms with Crippen molar-refractivity contribution in [2.45, 2.75) is 26.1 Å². The molecule has 0 bridgehead atoms. The lowest BCUT2D eigenvalue weighted by Gasteiger charge is -2.20. The van der Waals surface area contributed by atoms with Gasteiger partial charge in [0.05, 0.1) is 23.1 Å². The third-order valence-electron chi connectivity index (χ3n) is 4.25. The predicted octanol–water partition coefficient (Wildman–Crippen LogP) is 4.79. The van der Waals surface area contributed by atoms with E-state index in [9.17, 15) is 22.4 Å². The summed E-state index contributed by atoms with van der Waals surface area (Å²) in [5.41, 5.74) is 5.00. The molecule has 3 rings (SSSR count). The molecular weight excluding hydrogens is 479 g/mol. The molecule has 2 aromatic heterocycles. The highest BCUT2D eigenvalue weighted by atomic mass is 35.5. The number of hydrogen-bond acceptors (Lipinski definition) is 6. The summed E-state index contributed by atoms with van der Waals surface area (Å²) in [7, 11) is 0. The number of H-pyrrole nitrogens is 1. The number of carbonyl (C=O) groups excluding carboxylic acids is 1. The average Bonchev–Trinajstić information content (AvgIpc) is 3.02. The van der Waals surface area contributed by atoms with Crippen molar-refractivity contribution in [2.24, 2.45) is 0 Å². The van der Waals surface area contributed by atoms with Gasteiger partial charge >= 0.3 is 6.18 Å². The molecule has 0 aliphatic heterocycles.